The van der Waals surface area contributed by atoms with Gasteiger partial charge in [0, 0.05) is 12.1 Å². The summed E-state index contributed by atoms with van der Waals surface area (Å²) >= 11 is 0. The van der Waals surface area contributed by atoms with Crippen LogP contribution in [0.2, 0.25) is 0 Å². The largest absolute Gasteiger partial charge is 0.482 e. The Kier molecular flexibility index (Phi) is 4.36. The molecule has 1 atom stereocenters. The molecule has 3 nitrogen and oxygen atoms in total. The molecule has 2 rings (SSSR count). The average Bonchev–Trinajstić information content (AvgIpc) is 2.67. The lowest BCUT2D eigenvalue weighted by Gasteiger charge is -2.12. The van der Waals surface area contributed by atoms with Crippen LogP contribution in [-0.2, 0) is 4.74 Å². The highest BCUT2D eigenvalue weighted by Gasteiger charge is 2.09. The van der Waals surface area contributed by atoms with Gasteiger partial charge < -0.3 is 10.2 Å². The number of rotatable bonds is 3. The molecule has 4 heteroatoms. The first-order valence-electron chi connectivity index (χ1n) is 6.11. The van der Waals surface area contributed by atoms with E-state index in [9.17, 15) is 4.39 Å². The third kappa shape index (κ3) is 3.96. The molecule has 3 N–H and O–H groups in total. The first-order chi connectivity index (χ1) is 9.17. The molecule has 0 saturated heterocycles. The summed E-state index contributed by atoms with van der Waals surface area (Å²) in [5.74, 6) is 5.79. The molecule has 0 aliphatic heterocycles. The number of nitrogens with one attached hydrogen (secondary N) is 1. The summed E-state index contributed by atoms with van der Waals surface area (Å²) in [5.41, 5.74) is 4.67. The SMILES string of the molecule is CC1=CC(OC2C=CC=CC(F)=C2)=CC=C(NN)C1. The van der Waals surface area contributed by atoms with Gasteiger partial charge in [-0.15, -0.1) is 0 Å². The Morgan fingerprint density at radius 3 is 3.00 bits per heavy atom. The molecule has 0 aromatic rings. The second-order valence-electron chi connectivity index (χ2n) is 4.45. The molecule has 19 heavy (non-hydrogen) atoms. The van der Waals surface area contributed by atoms with Gasteiger partial charge in [0.05, 0.1) is 0 Å². The molecule has 2 aliphatic carbocycles. The van der Waals surface area contributed by atoms with Crippen LogP contribution in [0.25, 0.3) is 0 Å². The average molecular weight is 260 g/mol. The van der Waals surface area contributed by atoms with E-state index in [1.807, 2.05) is 25.2 Å². The van der Waals surface area contributed by atoms with Crippen molar-refractivity contribution < 1.29 is 9.13 Å². The van der Waals surface area contributed by atoms with E-state index in [1.54, 1.807) is 18.2 Å². The van der Waals surface area contributed by atoms with Gasteiger partial charge in [0.1, 0.15) is 17.7 Å². The third-order valence-corrected chi connectivity index (χ3v) is 2.76. The molecule has 0 fully saturated rings. The topological polar surface area (TPSA) is 47.3 Å². The van der Waals surface area contributed by atoms with E-state index in [4.69, 9.17) is 10.6 Å². The van der Waals surface area contributed by atoms with Crippen molar-refractivity contribution in [3.63, 3.8) is 0 Å². The monoisotopic (exact) mass is 260 g/mol. The van der Waals surface area contributed by atoms with E-state index in [0.29, 0.717) is 5.76 Å². The molecule has 2 aliphatic rings. The Labute approximate surface area is 112 Å². The van der Waals surface area contributed by atoms with Crippen LogP contribution >= 0.6 is 0 Å². The highest BCUT2D eigenvalue weighted by molar-refractivity contribution is 5.32. The highest BCUT2D eigenvalue weighted by atomic mass is 19.1. The van der Waals surface area contributed by atoms with Crippen molar-refractivity contribution in [1.82, 2.24) is 5.43 Å². The molecule has 1 unspecified atom stereocenters. The molecule has 0 radical (unpaired) electrons. The Morgan fingerprint density at radius 2 is 2.21 bits per heavy atom. The zero-order chi connectivity index (χ0) is 13.7. The Hall–Kier alpha value is -2.07. The number of hydrogen-bond acceptors (Lipinski definition) is 3. The number of ether oxygens (including phenoxy) is 1. The molecule has 0 aromatic carbocycles. The normalized spacial score (nSPS) is 22.6. The first-order valence-corrected chi connectivity index (χ1v) is 6.11. The first kappa shape index (κ1) is 13.4. The summed E-state index contributed by atoms with van der Waals surface area (Å²) in [4.78, 5) is 0. The number of nitrogens with two attached hydrogens (primary N) is 1. The Balaban J connectivity index is 2.14. The molecule has 0 saturated carbocycles. The smallest absolute Gasteiger partial charge is 0.138 e. The summed E-state index contributed by atoms with van der Waals surface area (Å²) in [5, 5.41) is 0. The zero-order valence-electron chi connectivity index (χ0n) is 10.8. The number of allylic oxidation sites excluding steroid dienone is 8. The molecule has 0 spiro atoms. The molecule has 100 valence electrons. The molecule has 0 heterocycles. The second-order valence-corrected chi connectivity index (χ2v) is 4.45. The summed E-state index contributed by atoms with van der Waals surface area (Å²) in [6.07, 6.45) is 14.0. The van der Waals surface area contributed by atoms with E-state index in [0.717, 1.165) is 17.7 Å². The summed E-state index contributed by atoms with van der Waals surface area (Å²) < 4.78 is 19.1. The van der Waals surface area contributed by atoms with Gasteiger partial charge in [0.15, 0.2) is 0 Å². The Morgan fingerprint density at radius 1 is 1.37 bits per heavy atom. The minimum absolute atomic E-state index is 0.301. The lowest BCUT2D eigenvalue weighted by atomic mass is 10.2. The van der Waals surface area contributed by atoms with Crippen molar-refractivity contribution in [2.24, 2.45) is 5.84 Å². The minimum atomic E-state index is -0.411. The van der Waals surface area contributed by atoms with Gasteiger partial charge in [-0.2, -0.15) is 0 Å². The van der Waals surface area contributed by atoms with Gasteiger partial charge >= 0.3 is 0 Å². The van der Waals surface area contributed by atoms with Crippen LogP contribution in [0.1, 0.15) is 13.3 Å². The van der Waals surface area contributed by atoms with Crippen molar-refractivity contribution in [2.75, 3.05) is 0 Å². The van der Waals surface area contributed by atoms with Gasteiger partial charge in [-0.25, -0.2) is 4.39 Å². The zero-order valence-corrected chi connectivity index (χ0v) is 10.8. The van der Waals surface area contributed by atoms with Gasteiger partial charge in [-0.3, -0.25) is 5.84 Å². The summed E-state index contributed by atoms with van der Waals surface area (Å²) in [6, 6.07) is 0. The second kappa shape index (κ2) is 6.20. The maximum absolute atomic E-state index is 13.3. The van der Waals surface area contributed by atoms with E-state index >= 15 is 0 Å². The van der Waals surface area contributed by atoms with Crippen LogP contribution in [0.3, 0.4) is 0 Å². The van der Waals surface area contributed by atoms with Crippen molar-refractivity contribution in [3.8, 4) is 0 Å². The predicted molar refractivity (Wildman–Crippen MR) is 74.2 cm³/mol. The lowest BCUT2D eigenvalue weighted by molar-refractivity contribution is 0.201. The fourth-order valence-electron chi connectivity index (χ4n) is 1.88. The molecular formula is C15H17FN2O. The van der Waals surface area contributed by atoms with Crippen LogP contribution in [0.5, 0.6) is 0 Å². The highest BCUT2D eigenvalue weighted by Crippen LogP contribution is 2.19. The number of halogens is 1. The molecule has 0 amide bonds. The molecular weight excluding hydrogens is 243 g/mol. The van der Waals surface area contributed by atoms with Gasteiger partial charge in [0.25, 0.3) is 0 Å². The van der Waals surface area contributed by atoms with Crippen molar-refractivity contribution in [1.29, 1.82) is 0 Å². The van der Waals surface area contributed by atoms with Crippen LogP contribution in [0, 0.1) is 0 Å². The fraction of sp³-hybridized carbons (Fsp3) is 0.200. The molecule has 0 bridgehead atoms. The van der Waals surface area contributed by atoms with Crippen molar-refractivity contribution in [3.05, 3.63) is 71.5 Å². The lowest BCUT2D eigenvalue weighted by Crippen LogP contribution is -2.20. The van der Waals surface area contributed by atoms with E-state index < -0.39 is 6.10 Å². The predicted octanol–water partition coefficient (Wildman–Crippen LogP) is 2.93. The maximum Gasteiger partial charge on any atom is 0.138 e. The van der Waals surface area contributed by atoms with Gasteiger partial charge in [-0.1, -0.05) is 17.7 Å². The van der Waals surface area contributed by atoms with Gasteiger partial charge in [0.2, 0.25) is 0 Å². The maximum atomic E-state index is 13.3. The van der Waals surface area contributed by atoms with Crippen molar-refractivity contribution in [2.45, 2.75) is 19.4 Å². The van der Waals surface area contributed by atoms with Crippen LogP contribution in [-0.4, -0.2) is 6.10 Å². The molecule has 0 aromatic heterocycles. The minimum Gasteiger partial charge on any atom is -0.482 e. The van der Waals surface area contributed by atoms with E-state index in [2.05, 4.69) is 5.43 Å². The number of hydrazine groups is 1. The quantitative estimate of drug-likeness (QED) is 0.606. The summed E-state index contributed by atoms with van der Waals surface area (Å²) in [6.45, 7) is 1.99. The van der Waals surface area contributed by atoms with Crippen LogP contribution < -0.4 is 11.3 Å². The Bertz CT molecular complexity index is 524. The third-order valence-electron chi connectivity index (χ3n) is 2.76. The standard InChI is InChI=1S/C15H17FN2O/c1-11-8-13(18-17)6-7-15(9-11)19-14-5-3-2-4-12(16)10-14/h2-7,9-10,14,18H,8,17H2,1H3. The van der Waals surface area contributed by atoms with Crippen molar-refractivity contribution >= 4 is 0 Å². The van der Waals surface area contributed by atoms with Crippen LogP contribution in [0.4, 0.5) is 4.39 Å². The fourth-order valence-corrected chi connectivity index (χ4v) is 1.88. The van der Waals surface area contributed by atoms with Crippen LogP contribution in [0.15, 0.2) is 71.5 Å². The van der Waals surface area contributed by atoms with Gasteiger partial charge in [-0.05, 0) is 43.4 Å². The summed E-state index contributed by atoms with van der Waals surface area (Å²) in [7, 11) is 0. The number of hydrogen-bond donors (Lipinski definition) is 2. The van der Waals surface area contributed by atoms with E-state index in [1.165, 1.54) is 12.2 Å². The van der Waals surface area contributed by atoms with E-state index in [-0.39, 0.29) is 5.83 Å².